The number of para-hydroxylation sites is 1. The van der Waals surface area contributed by atoms with E-state index in [0.29, 0.717) is 5.75 Å². The molecule has 0 bridgehead atoms. The topological polar surface area (TPSA) is 35.5 Å². The zero-order chi connectivity index (χ0) is 14.4. The summed E-state index contributed by atoms with van der Waals surface area (Å²) in [7, 11) is 0. The molecule has 1 heterocycles. The second-order valence-corrected chi connectivity index (χ2v) is 6.14. The minimum atomic E-state index is 0.435. The number of nitrogens with one attached hydrogen (secondary N) is 1. The summed E-state index contributed by atoms with van der Waals surface area (Å²) in [6, 6.07) is 5.93. The summed E-state index contributed by atoms with van der Waals surface area (Å²) in [6.07, 6.45) is 3.89. The predicted molar refractivity (Wildman–Crippen MR) is 84.0 cm³/mol. The van der Waals surface area contributed by atoms with Crippen molar-refractivity contribution in [1.29, 1.82) is 0 Å². The molecule has 20 heavy (non-hydrogen) atoms. The number of phenols is 1. The Morgan fingerprint density at radius 1 is 1.30 bits per heavy atom. The normalized spacial score (nSPS) is 17.5. The Kier molecular flexibility index (Phi) is 5.86. The molecule has 112 valence electrons. The summed E-state index contributed by atoms with van der Waals surface area (Å²) in [4.78, 5) is 2.58. The van der Waals surface area contributed by atoms with Crippen LogP contribution < -0.4 is 5.32 Å². The fourth-order valence-corrected chi connectivity index (χ4v) is 2.80. The Bertz CT molecular complexity index is 411. The standard InChI is InChI=1S/C17H28N2O/c1-14-7-11-19(12-8-14)10-4-9-18-13-16-6-3-5-15(2)17(16)20/h3,5-6,14,18,20H,4,7-13H2,1-2H3. The number of nitrogens with zero attached hydrogens (tertiary/aromatic N) is 1. The van der Waals surface area contributed by atoms with Gasteiger partial charge in [-0.15, -0.1) is 0 Å². The van der Waals surface area contributed by atoms with E-state index >= 15 is 0 Å². The lowest BCUT2D eigenvalue weighted by atomic mass is 9.99. The van der Waals surface area contributed by atoms with E-state index in [0.717, 1.165) is 30.1 Å². The summed E-state index contributed by atoms with van der Waals surface area (Å²) in [5.41, 5.74) is 1.95. The van der Waals surface area contributed by atoms with E-state index in [1.54, 1.807) is 0 Å². The summed E-state index contributed by atoms with van der Waals surface area (Å²) < 4.78 is 0. The number of hydrogen-bond acceptors (Lipinski definition) is 3. The summed E-state index contributed by atoms with van der Waals surface area (Å²) in [5, 5.41) is 13.4. The summed E-state index contributed by atoms with van der Waals surface area (Å²) >= 11 is 0. The molecule has 1 aliphatic heterocycles. The largest absolute Gasteiger partial charge is 0.507 e. The minimum absolute atomic E-state index is 0.435. The highest BCUT2D eigenvalue weighted by atomic mass is 16.3. The van der Waals surface area contributed by atoms with Gasteiger partial charge in [0.2, 0.25) is 0 Å². The molecule has 0 aliphatic carbocycles. The molecule has 3 nitrogen and oxygen atoms in total. The van der Waals surface area contributed by atoms with Crippen LogP contribution >= 0.6 is 0 Å². The van der Waals surface area contributed by atoms with Gasteiger partial charge in [0, 0.05) is 12.1 Å². The van der Waals surface area contributed by atoms with E-state index in [2.05, 4.69) is 17.1 Å². The summed E-state index contributed by atoms with van der Waals surface area (Å²) in [6.45, 7) is 9.78. The molecule has 0 spiro atoms. The Hall–Kier alpha value is -1.06. The first-order valence-corrected chi connectivity index (χ1v) is 7.87. The quantitative estimate of drug-likeness (QED) is 0.784. The van der Waals surface area contributed by atoms with Crippen molar-refractivity contribution in [3.05, 3.63) is 29.3 Å². The molecular formula is C17H28N2O. The van der Waals surface area contributed by atoms with Gasteiger partial charge in [0.25, 0.3) is 0 Å². The second-order valence-electron chi connectivity index (χ2n) is 6.14. The first kappa shape index (κ1) is 15.3. The van der Waals surface area contributed by atoms with E-state index < -0.39 is 0 Å². The lowest BCUT2D eigenvalue weighted by molar-refractivity contribution is 0.190. The average molecular weight is 276 g/mol. The minimum Gasteiger partial charge on any atom is -0.507 e. The highest BCUT2D eigenvalue weighted by Gasteiger charge is 2.14. The molecule has 0 atom stereocenters. The van der Waals surface area contributed by atoms with Crippen LogP contribution in [0, 0.1) is 12.8 Å². The zero-order valence-corrected chi connectivity index (χ0v) is 12.9. The molecular weight excluding hydrogens is 248 g/mol. The molecule has 1 fully saturated rings. The third-order valence-electron chi connectivity index (χ3n) is 4.34. The molecule has 1 aromatic carbocycles. The number of aryl methyl sites for hydroxylation is 1. The fourth-order valence-electron chi connectivity index (χ4n) is 2.80. The van der Waals surface area contributed by atoms with E-state index in [9.17, 15) is 5.11 Å². The van der Waals surface area contributed by atoms with Crippen molar-refractivity contribution < 1.29 is 5.11 Å². The Morgan fingerprint density at radius 2 is 2.05 bits per heavy atom. The van der Waals surface area contributed by atoms with Gasteiger partial charge >= 0.3 is 0 Å². The van der Waals surface area contributed by atoms with Gasteiger partial charge in [0.1, 0.15) is 5.75 Å². The molecule has 0 radical (unpaired) electrons. The zero-order valence-electron chi connectivity index (χ0n) is 12.9. The molecule has 2 rings (SSSR count). The maximum Gasteiger partial charge on any atom is 0.122 e. The van der Waals surface area contributed by atoms with Gasteiger partial charge in [0.15, 0.2) is 0 Å². The van der Waals surface area contributed by atoms with Crippen molar-refractivity contribution in [2.24, 2.45) is 5.92 Å². The second kappa shape index (κ2) is 7.65. The maximum atomic E-state index is 9.93. The first-order valence-electron chi connectivity index (χ1n) is 7.87. The third-order valence-corrected chi connectivity index (χ3v) is 4.34. The van der Waals surface area contributed by atoms with Crippen LogP contribution in [-0.2, 0) is 6.54 Å². The van der Waals surface area contributed by atoms with E-state index in [4.69, 9.17) is 0 Å². The van der Waals surface area contributed by atoms with Crippen LogP contribution in [0.4, 0.5) is 0 Å². The van der Waals surface area contributed by atoms with Crippen molar-refractivity contribution in [2.45, 2.75) is 39.7 Å². The van der Waals surface area contributed by atoms with Crippen LogP contribution in [0.1, 0.15) is 37.3 Å². The number of hydrogen-bond donors (Lipinski definition) is 2. The predicted octanol–water partition coefficient (Wildman–Crippen LogP) is 2.91. The molecule has 0 amide bonds. The number of phenolic OH excluding ortho intramolecular Hbond substituents is 1. The molecule has 0 unspecified atom stereocenters. The number of piperidine rings is 1. The SMILES string of the molecule is Cc1cccc(CNCCCN2CCC(C)CC2)c1O. The van der Waals surface area contributed by atoms with Crippen LogP contribution in [0.3, 0.4) is 0 Å². The highest BCUT2D eigenvalue weighted by molar-refractivity contribution is 5.39. The Morgan fingerprint density at radius 3 is 2.80 bits per heavy atom. The Labute approximate surface area is 123 Å². The van der Waals surface area contributed by atoms with Gasteiger partial charge in [0.05, 0.1) is 0 Å². The molecule has 1 aliphatic rings. The third kappa shape index (κ3) is 4.50. The van der Waals surface area contributed by atoms with E-state index in [1.807, 2.05) is 25.1 Å². The Balaban J connectivity index is 1.61. The lowest BCUT2D eigenvalue weighted by Crippen LogP contribution is -2.34. The number of rotatable bonds is 6. The smallest absolute Gasteiger partial charge is 0.122 e. The maximum absolute atomic E-state index is 9.93. The van der Waals surface area contributed by atoms with E-state index in [1.165, 1.54) is 38.9 Å². The van der Waals surface area contributed by atoms with Gasteiger partial charge in [-0.2, -0.15) is 0 Å². The van der Waals surface area contributed by atoms with Crippen LogP contribution in [0.5, 0.6) is 5.75 Å². The fraction of sp³-hybridized carbons (Fsp3) is 0.647. The monoisotopic (exact) mass is 276 g/mol. The van der Waals surface area contributed by atoms with Gasteiger partial charge in [-0.1, -0.05) is 25.1 Å². The molecule has 3 heteroatoms. The summed E-state index contributed by atoms with van der Waals surface area (Å²) in [5.74, 6) is 1.35. The van der Waals surface area contributed by atoms with Crippen molar-refractivity contribution >= 4 is 0 Å². The lowest BCUT2D eigenvalue weighted by Gasteiger charge is -2.30. The van der Waals surface area contributed by atoms with Gasteiger partial charge in [-0.25, -0.2) is 0 Å². The molecule has 0 saturated carbocycles. The van der Waals surface area contributed by atoms with Crippen molar-refractivity contribution in [2.75, 3.05) is 26.2 Å². The van der Waals surface area contributed by atoms with Crippen molar-refractivity contribution in [1.82, 2.24) is 10.2 Å². The van der Waals surface area contributed by atoms with Crippen molar-refractivity contribution in [3.8, 4) is 5.75 Å². The number of likely N-dealkylation sites (tertiary alicyclic amines) is 1. The van der Waals surface area contributed by atoms with Gasteiger partial charge in [-0.3, -0.25) is 0 Å². The van der Waals surface area contributed by atoms with Crippen LogP contribution in [0.2, 0.25) is 0 Å². The van der Waals surface area contributed by atoms with Crippen molar-refractivity contribution in [3.63, 3.8) is 0 Å². The highest BCUT2D eigenvalue weighted by Crippen LogP contribution is 2.21. The van der Waals surface area contributed by atoms with Crippen LogP contribution in [-0.4, -0.2) is 36.2 Å². The van der Waals surface area contributed by atoms with Gasteiger partial charge < -0.3 is 15.3 Å². The average Bonchev–Trinajstić information content (AvgIpc) is 2.45. The molecule has 2 N–H and O–H groups in total. The first-order chi connectivity index (χ1) is 9.66. The van der Waals surface area contributed by atoms with Crippen LogP contribution in [0.25, 0.3) is 0 Å². The van der Waals surface area contributed by atoms with Crippen LogP contribution in [0.15, 0.2) is 18.2 Å². The number of benzene rings is 1. The van der Waals surface area contributed by atoms with Gasteiger partial charge in [-0.05, 0) is 63.8 Å². The number of aromatic hydroxyl groups is 1. The van der Waals surface area contributed by atoms with E-state index in [-0.39, 0.29) is 0 Å². The molecule has 1 aromatic rings. The molecule has 1 saturated heterocycles. The molecule has 0 aromatic heterocycles.